The molecule has 0 bridgehead atoms. The van der Waals surface area contributed by atoms with Crippen molar-refractivity contribution in [3.63, 3.8) is 0 Å². The Kier molecular flexibility index (Phi) is 5.34. The second-order valence-electron chi connectivity index (χ2n) is 5.03. The third kappa shape index (κ3) is 5.09. The van der Waals surface area contributed by atoms with Crippen molar-refractivity contribution in [2.75, 3.05) is 6.61 Å². The lowest BCUT2D eigenvalue weighted by Crippen LogP contribution is -2.31. The number of carbonyl (C=O) groups is 1. The molecule has 1 heterocycles. The Morgan fingerprint density at radius 2 is 2.00 bits per heavy atom. The average molecular weight is 308 g/mol. The first-order chi connectivity index (χ1) is 9.61. The Hall–Kier alpha value is -2.06. The summed E-state index contributed by atoms with van der Waals surface area (Å²) in [4.78, 5) is 23.1. The molecule has 118 valence electrons. The largest absolute Gasteiger partial charge is 0.476 e. The van der Waals surface area contributed by atoms with Crippen molar-refractivity contribution in [1.29, 1.82) is 0 Å². The first kappa shape index (κ1) is 17.0. The summed E-state index contributed by atoms with van der Waals surface area (Å²) in [5.41, 5.74) is -1.94. The lowest BCUT2D eigenvalue weighted by Gasteiger charge is -2.19. The van der Waals surface area contributed by atoms with Crippen LogP contribution in [-0.2, 0) is 9.53 Å². The molecule has 1 aromatic rings. The van der Waals surface area contributed by atoms with Gasteiger partial charge in [0.1, 0.15) is 5.60 Å². The summed E-state index contributed by atoms with van der Waals surface area (Å²) < 4.78 is 47.3. The summed E-state index contributed by atoms with van der Waals surface area (Å²) in [5.74, 6) is -1.23. The predicted molar refractivity (Wildman–Crippen MR) is 66.0 cm³/mol. The lowest BCUT2D eigenvalue weighted by atomic mass is 10.2. The molecule has 21 heavy (non-hydrogen) atoms. The van der Waals surface area contributed by atoms with Gasteiger partial charge in [0.2, 0.25) is 0 Å². The lowest BCUT2D eigenvalue weighted by molar-refractivity contribution is -0.157. The van der Waals surface area contributed by atoms with Crippen LogP contribution in [0.1, 0.15) is 27.1 Å². The van der Waals surface area contributed by atoms with Crippen LogP contribution in [0.15, 0.2) is 17.1 Å². The zero-order valence-electron chi connectivity index (χ0n) is 11.7. The van der Waals surface area contributed by atoms with E-state index in [0.717, 1.165) is 12.3 Å². The van der Waals surface area contributed by atoms with Gasteiger partial charge in [-0.25, -0.2) is 18.0 Å². The Balaban J connectivity index is 2.80. The predicted octanol–water partition coefficient (Wildman–Crippen LogP) is 1.70. The Labute approximate surface area is 118 Å². The van der Waals surface area contributed by atoms with Gasteiger partial charge in [-0.1, -0.05) is 0 Å². The van der Waals surface area contributed by atoms with E-state index in [1.807, 2.05) is 0 Å². The number of alkyl halides is 3. The van der Waals surface area contributed by atoms with Crippen LogP contribution < -0.4 is 10.3 Å². The summed E-state index contributed by atoms with van der Waals surface area (Å²) in [6, 6.07) is 1.04. The van der Waals surface area contributed by atoms with Gasteiger partial charge in [0.25, 0.3) is 12.7 Å². The molecule has 0 fully saturated rings. The molecule has 1 atom stereocenters. The standard InChI is InChI=1S/C12H15F3N2O4/c1-12(2,3)21-8(18)6-20-7-4-5-16-17(11(7)19)10(15)9(13)14/h4-5,9-10H,6H2,1-3H3. The summed E-state index contributed by atoms with van der Waals surface area (Å²) in [7, 11) is 0. The van der Waals surface area contributed by atoms with Crippen LogP contribution in [0, 0.1) is 0 Å². The minimum atomic E-state index is -3.41. The number of carbonyl (C=O) groups excluding carboxylic acids is 1. The molecule has 1 aromatic heterocycles. The van der Waals surface area contributed by atoms with Crippen molar-refractivity contribution in [2.45, 2.75) is 39.1 Å². The molecular weight excluding hydrogens is 293 g/mol. The van der Waals surface area contributed by atoms with E-state index in [-0.39, 0.29) is 4.68 Å². The molecule has 0 aliphatic carbocycles. The fraction of sp³-hybridized carbons (Fsp3) is 0.583. The smallest absolute Gasteiger partial charge is 0.344 e. The fourth-order valence-electron chi connectivity index (χ4n) is 1.31. The van der Waals surface area contributed by atoms with E-state index < -0.39 is 42.2 Å². The average Bonchev–Trinajstić information content (AvgIpc) is 2.34. The van der Waals surface area contributed by atoms with E-state index >= 15 is 0 Å². The number of aromatic nitrogens is 2. The zero-order chi connectivity index (χ0) is 16.2. The van der Waals surface area contributed by atoms with Gasteiger partial charge in [0.05, 0.1) is 6.20 Å². The highest BCUT2D eigenvalue weighted by atomic mass is 19.3. The van der Waals surface area contributed by atoms with Crippen molar-refractivity contribution in [2.24, 2.45) is 0 Å². The van der Waals surface area contributed by atoms with Gasteiger partial charge in [0.15, 0.2) is 12.4 Å². The van der Waals surface area contributed by atoms with E-state index in [2.05, 4.69) is 5.10 Å². The molecule has 0 amide bonds. The number of hydrogen-bond donors (Lipinski definition) is 0. The minimum Gasteiger partial charge on any atom is -0.476 e. The van der Waals surface area contributed by atoms with Gasteiger partial charge in [-0.05, 0) is 20.8 Å². The van der Waals surface area contributed by atoms with Crippen molar-refractivity contribution in [1.82, 2.24) is 9.78 Å². The highest BCUT2D eigenvalue weighted by Crippen LogP contribution is 2.15. The van der Waals surface area contributed by atoms with Crippen LogP contribution in [0.5, 0.6) is 5.75 Å². The molecule has 1 rings (SSSR count). The molecule has 0 aliphatic heterocycles. The van der Waals surface area contributed by atoms with Gasteiger partial charge in [-0.15, -0.1) is 0 Å². The van der Waals surface area contributed by atoms with Crippen molar-refractivity contribution in [3.8, 4) is 5.75 Å². The molecule has 6 nitrogen and oxygen atoms in total. The first-order valence-corrected chi connectivity index (χ1v) is 5.96. The molecule has 0 radical (unpaired) electrons. The van der Waals surface area contributed by atoms with E-state index in [0.29, 0.717) is 0 Å². The Morgan fingerprint density at radius 3 is 2.52 bits per heavy atom. The van der Waals surface area contributed by atoms with Crippen molar-refractivity contribution in [3.05, 3.63) is 22.6 Å². The van der Waals surface area contributed by atoms with Crippen LogP contribution >= 0.6 is 0 Å². The summed E-state index contributed by atoms with van der Waals surface area (Å²) in [5, 5.41) is 3.20. The number of ether oxygens (including phenoxy) is 2. The number of nitrogens with zero attached hydrogens (tertiary/aromatic N) is 2. The Bertz CT molecular complexity index is 554. The molecule has 0 saturated carbocycles. The Morgan fingerprint density at radius 1 is 1.38 bits per heavy atom. The molecular formula is C12H15F3N2O4. The molecule has 9 heteroatoms. The van der Waals surface area contributed by atoms with Gasteiger partial charge in [0, 0.05) is 6.07 Å². The van der Waals surface area contributed by atoms with Gasteiger partial charge in [-0.2, -0.15) is 9.78 Å². The van der Waals surface area contributed by atoms with Crippen molar-refractivity contribution >= 4 is 5.97 Å². The minimum absolute atomic E-state index is 0.0465. The maximum atomic E-state index is 13.1. The molecule has 0 spiro atoms. The van der Waals surface area contributed by atoms with E-state index in [9.17, 15) is 22.8 Å². The summed E-state index contributed by atoms with van der Waals surface area (Å²) in [6.07, 6.45) is -5.38. The van der Waals surface area contributed by atoms with Crippen LogP contribution in [0.25, 0.3) is 0 Å². The second-order valence-corrected chi connectivity index (χ2v) is 5.03. The third-order valence-corrected chi connectivity index (χ3v) is 2.04. The number of esters is 1. The summed E-state index contributed by atoms with van der Waals surface area (Å²) in [6.45, 7) is 4.31. The highest BCUT2D eigenvalue weighted by molar-refractivity contribution is 5.71. The van der Waals surface area contributed by atoms with Crippen LogP contribution in [-0.4, -0.2) is 34.4 Å². The van der Waals surface area contributed by atoms with Gasteiger partial charge in [-0.3, -0.25) is 4.79 Å². The van der Waals surface area contributed by atoms with E-state index in [1.54, 1.807) is 20.8 Å². The highest BCUT2D eigenvalue weighted by Gasteiger charge is 2.25. The monoisotopic (exact) mass is 308 g/mol. The van der Waals surface area contributed by atoms with Crippen molar-refractivity contribution < 1.29 is 27.4 Å². The topological polar surface area (TPSA) is 70.4 Å². The van der Waals surface area contributed by atoms with E-state index in [4.69, 9.17) is 9.47 Å². The van der Waals surface area contributed by atoms with Gasteiger partial charge >= 0.3 is 11.5 Å². The number of rotatable bonds is 5. The fourth-order valence-corrected chi connectivity index (χ4v) is 1.31. The molecule has 0 aromatic carbocycles. The maximum absolute atomic E-state index is 13.1. The quantitative estimate of drug-likeness (QED) is 0.774. The summed E-state index contributed by atoms with van der Waals surface area (Å²) >= 11 is 0. The van der Waals surface area contributed by atoms with Gasteiger partial charge < -0.3 is 9.47 Å². The maximum Gasteiger partial charge on any atom is 0.344 e. The van der Waals surface area contributed by atoms with E-state index in [1.165, 1.54) is 0 Å². The zero-order valence-corrected chi connectivity index (χ0v) is 11.7. The molecule has 0 aliphatic rings. The van der Waals surface area contributed by atoms with Crippen LogP contribution in [0.4, 0.5) is 13.2 Å². The molecule has 0 N–H and O–H groups in total. The second kappa shape index (κ2) is 6.59. The normalized spacial score (nSPS) is 13.1. The van der Waals surface area contributed by atoms with Crippen LogP contribution in [0.2, 0.25) is 0 Å². The number of hydrogen-bond acceptors (Lipinski definition) is 5. The third-order valence-electron chi connectivity index (χ3n) is 2.04. The SMILES string of the molecule is CC(C)(C)OC(=O)COc1ccnn(C(F)C(F)F)c1=O. The molecule has 0 saturated heterocycles. The molecule has 1 unspecified atom stereocenters. The van der Waals surface area contributed by atoms with Crippen LogP contribution in [0.3, 0.4) is 0 Å². The number of halogens is 3. The first-order valence-electron chi connectivity index (χ1n) is 5.96.